The number of urea groups is 1. The molecule has 2 saturated carbocycles. The van der Waals surface area contributed by atoms with Crippen molar-refractivity contribution in [1.29, 1.82) is 0 Å². The number of imide groups is 1. The van der Waals surface area contributed by atoms with Gasteiger partial charge < -0.3 is 5.32 Å². The fourth-order valence-corrected chi connectivity index (χ4v) is 3.01. The molecular formula is C10H14N2O2. The van der Waals surface area contributed by atoms with Crippen LogP contribution in [0.25, 0.3) is 0 Å². The first-order chi connectivity index (χ1) is 6.70. The van der Waals surface area contributed by atoms with Gasteiger partial charge in [-0.15, -0.1) is 0 Å². The minimum atomic E-state index is -0.186. The van der Waals surface area contributed by atoms with E-state index in [0.717, 1.165) is 12.8 Å². The summed E-state index contributed by atoms with van der Waals surface area (Å²) in [5.41, 5.74) is 0.522. The molecule has 3 rings (SSSR count). The number of amides is 3. The lowest BCUT2D eigenvalue weighted by molar-refractivity contribution is -0.132. The van der Waals surface area contributed by atoms with Gasteiger partial charge in [-0.2, -0.15) is 0 Å². The Labute approximate surface area is 82.6 Å². The maximum absolute atomic E-state index is 11.4. The Bertz CT molecular complexity index is 285. The van der Waals surface area contributed by atoms with Crippen LogP contribution >= 0.6 is 0 Å². The van der Waals surface area contributed by atoms with Crippen LogP contribution in [0.2, 0.25) is 0 Å². The lowest BCUT2D eigenvalue weighted by Crippen LogP contribution is -2.55. The van der Waals surface area contributed by atoms with Gasteiger partial charge in [-0.1, -0.05) is 6.42 Å². The molecule has 1 aliphatic heterocycles. The monoisotopic (exact) mass is 194 g/mol. The molecule has 1 heterocycles. The molecule has 76 valence electrons. The molecule has 0 unspecified atom stereocenters. The highest BCUT2D eigenvalue weighted by atomic mass is 16.2. The maximum atomic E-state index is 11.4. The summed E-state index contributed by atoms with van der Waals surface area (Å²) in [5.74, 6) is -0.0471. The van der Waals surface area contributed by atoms with E-state index in [4.69, 9.17) is 0 Å². The number of nitrogens with zero attached hydrogens (tertiary/aromatic N) is 1. The standard InChI is InChI=1S/C10H14N2O2/c13-8-6-11-9(14)12(8)7-4-10(5-7)2-1-3-10/h7H,1-6H2,(H,11,14). The molecule has 4 nitrogen and oxygen atoms in total. The molecule has 0 aromatic carbocycles. The first-order valence-electron chi connectivity index (χ1n) is 5.30. The summed E-state index contributed by atoms with van der Waals surface area (Å²) in [4.78, 5) is 24.1. The predicted molar refractivity (Wildman–Crippen MR) is 49.6 cm³/mol. The van der Waals surface area contributed by atoms with Crippen molar-refractivity contribution in [3.63, 3.8) is 0 Å². The highest BCUT2D eigenvalue weighted by Crippen LogP contribution is 2.57. The molecule has 2 aliphatic carbocycles. The van der Waals surface area contributed by atoms with Crippen LogP contribution in [-0.4, -0.2) is 29.4 Å². The zero-order chi connectivity index (χ0) is 9.76. The van der Waals surface area contributed by atoms with Gasteiger partial charge in [-0.25, -0.2) is 4.79 Å². The lowest BCUT2D eigenvalue weighted by atomic mass is 9.54. The Balaban J connectivity index is 1.67. The number of hydrogen-bond donors (Lipinski definition) is 1. The third kappa shape index (κ3) is 0.938. The van der Waals surface area contributed by atoms with Crippen molar-refractivity contribution >= 4 is 11.9 Å². The molecule has 0 aromatic heterocycles. The van der Waals surface area contributed by atoms with E-state index >= 15 is 0 Å². The Kier molecular flexibility index (Phi) is 1.47. The highest BCUT2D eigenvalue weighted by molar-refractivity contribution is 6.02. The minimum Gasteiger partial charge on any atom is -0.329 e. The predicted octanol–water partition coefficient (Wildman–Crippen LogP) is 0.871. The molecule has 3 amide bonds. The van der Waals surface area contributed by atoms with Gasteiger partial charge in [0.15, 0.2) is 0 Å². The van der Waals surface area contributed by atoms with Gasteiger partial charge in [-0.05, 0) is 31.1 Å². The molecule has 3 aliphatic rings. The Morgan fingerprint density at radius 2 is 2.00 bits per heavy atom. The summed E-state index contributed by atoms with van der Waals surface area (Å²) in [5, 5.41) is 2.57. The van der Waals surface area contributed by atoms with Crippen molar-refractivity contribution in [3.8, 4) is 0 Å². The van der Waals surface area contributed by atoms with E-state index in [-0.39, 0.29) is 24.5 Å². The topological polar surface area (TPSA) is 49.4 Å². The van der Waals surface area contributed by atoms with E-state index in [9.17, 15) is 9.59 Å². The van der Waals surface area contributed by atoms with Gasteiger partial charge in [0, 0.05) is 6.04 Å². The number of hydrogen-bond acceptors (Lipinski definition) is 2. The van der Waals surface area contributed by atoms with E-state index in [0.29, 0.717) is 5.41 Å². The number of carbonyl (C=O) groups excluding carboxylic acids is 2. The second-order valence-electron chi connectivity index (χ2n) is 4.84. The van der Waals surface area contributed by atoms with Crippen molar-refractivity contribution in [2.45, 2.75) is 38.1 Å². The highest BCUT2D eigenvalue weighted by Gasteiger charge is 2.53. The van der Waals surface area contributed by atoms with Gasteiger partial charge in [-0.3, -0.25) is 9.69 Å². The second-order valence-corrected chi connectivity index (χ2v) is 4.84. The zero-order valence-corrected chi connectivity index (χ0v) is 8.08. The van der Waals surface area contributed by atoms with E-state index in [2.05, 4.69) is 5.32 Å². The van der Waals surface area contributed by atoms with Crippen LogP contribution < -0.4 is 5.32 Å². The Morgan fingerprint density at radius 3 is 2.43 bits per heavy atom. The average Bonchev–Trinajstić information content (AvgIpc) is 2.29. The molecule has 1 saturated heterocycles. The summed E-state index contributed by atoms with van der Waals surface area (Å²) in [6.07, 6.45) is 6.02. The summed E-state index contributed by atoms with van der Waals surface area (Å²) in [6, 6.07) is 0.0134. The molecule has 3 fully saturated rings. The first-order valence-corrected chi connectivity index (χ1v) is 5.30. The van der Waals surface area contributed by atoms with Crippen LogP contribution in [0.5, 0.6) is 0 Å². The van der Waals surface area contributed by atoms with Crippen molar-refractivity contribution in [2.24, 2.45) is 5.41 Å². The summed E-state index contributed by atoms with van der Waals surface area (Å²) in [6.45, 7) is 0.197. The molecule has 4 heteroatoms. The van der Waals surface area contributed by atoms with Crippen LogP contribution in [0, 0.1) is 5.41 Å². The Hall–Kier alpha value is -1.06. The molecule has 14 heavy (non-hydrogen) atoms. The lowest BCUT2D eigenvalue weighted by Gasteiger charge is -2.55. The number of nitrogens with one attached hydrogen (secondary N) is 1. The van der Waals surface area contributed by atoms with E-state index in [1.807, 2.05) is 0 Å². The van der Waals surface area contributed by atoms with E-state index < -0.39 is 0 Å². The molecule has 1 spiro atoms. The fraction of sp³-hybridized carbons (Fsp3) is 0.800. The molecule has 0 atom stereocenters. The summed E-state index contributed by atoms with van der Waals surface area (Å²) < 4.78 is 0. The van der Waals surface area contributed by atoms with Crippen molar-refractivity contribution in [2.75, 3.05) is 6.54 Å². The summed E-state index contributed by atoms with van der Waals surface area (Å²) >= 11 is 0. The largest absolute Gasteiger partial charge is 0.329 e. The summed E-state index contributed by atoms with van der Waals surface area (Å²) in [7, 11) is 0. The van der Waals surface area contributed by atoms with E-state index in [1.165, 1.54) is 24.2 Å². The number of rotatable bonds is 1. The molecule has 0 bridgehead atoms. The zero-order valence-electron chi connectivity index (χ0n) is 8.08. The van der Waals surface area contributed by atoms with E-state index in [1.54, 1.807) is 0 Å². The molecule has 0 aromatic rings. The van der Waals surface area contributed by atoms with Gasteiger partial charge in [0.25, 0.3) is 0 Å². The quantitative estimate of drug-likeness (QED) is 0.630. The maximum Gasteiger partial charge on any atom is 0.324 e. The van der Waals surface area contributed by atoms with Gasteiger partial charge in [0.05, 0.1) is 6.54 Å². The van der Waals surface area contributed by atoms with Gasteiger partial charge in [0.1, 0.15) is 0 Å². The SMILES string of the molecule is O=C1CNC(=O)N1C1CC2(CCC2)C1. The Morgan fingerprint density at radius 1 is 1.29 bits per heavy atom. The van der Waals surface area contributed by atoms with Crippen LogP contribution in [0.4, 0.5) is 4.79 Å². The van der Waals surface area contributed by atoms with Gasteiger partial charge >= 0.3 is 6.03 Å². The van der Waals surface area contributed by atoms with Crippen molar-refractivity contribution < 1.29 is 9.59 Å². The number of carbonyl (C=O) groups is 2. The fourth-order valence-electron chi connectivity index (χ4n) is 3.01. The molecule has 0 radical (unpaired) electrons. The first kappa shape index (κ1) is 8.26. The second kappa shape index (κ2) is 2.49. The molecule has 1 N–H and O–H groups in total. The smallest absolute Gasteiger partial charge is 0.324 e. The normalized spacial score (nSPS) is 30.1. The minimum absolute atomic E-state index is 0.0471. The average molecular weight is 194 g/mol. The van der Waals surface area contributed by atoms with Crippen LogP contribution in [0.1, 0.15) is 32.1 Å². The van der Waals surface area contributed by atoms with Crippen molar-refractivity contribution in [1.82, 2.24) is 10.2 Å². The van der Waals surface area contributed by atoms with Crippen LogP contribution in [0.15, 0.2) is 0 Å². The molecular weight excluding hydrogens is 180 g/mol. The third-order valence-electron chi connectivity index (χ3n) is 3.99. The van der Waals surface area contributed by atoms with Crippen LogP contribution in [0.3, 0.4) is 0 Å². The van der Waals surface area contributed by atoms with Crippen molar-refractivity contribution in [3.05, 3.63) is 0 Å². The van der Waals surface area contributed by atoms with Crippen LogP contribution in [-0.2, 0) is 4.79 Å². The third-order valence-corrected chi connectivity index (χ3v) is 3.99. The van der Waals surface area contributed by atoms with Gasteiger partial charge in [0.2, 0.25) is 5.91 Å².